The number of ether oxygens (including phenoxy) is 4. The Balaban J connectivity index is 1.60. The van der Waals surface area contributed by atoms with Crippen LogP contribution in [0.4, 0.5) is 0 Å². The molecule has 0 bridgehead atoms. The van der Waals surface area contributed by atoms with Gasteiger partial charge in [0.25, 0.3) is 0 Å². The molecule has 1 N–H and O–H groups in total. The van der Waals surface area contributed by atoms with E-state index >= 15 is 0 Å². The lowest BCUT2D eigenvalue weighted by atomic mass is 9.79. The van der Waals surface area contributed by atoms with Gasteiger partial charge < -0.3 is 24.3 Å². The third-order valence-corrected chi connectivity index (χ3v) is 6.16. The zero-order valence-corrected chi connectivity index (χ0v) is 20.4. The van der Waals surface area contributed by atoms with Crippen LogP contribution in [0.25, 0.3) is 0 Å². The third-order valence-electron chi connectivity index (χ3n) is 6.16. The van der Waals surface area contributed by atoms with E-state index in [1.54, 1.807) is 28.4 Å². The number of methoxy groups -OCH3 is 4. The fraction of sp³-hybridized carbons (Fsp3) is 0.286. The largest absolute Gasteiger partial charge is 0.493 e. The van der Waals surface area contributed by atoms with E-state index < -0.39 is 6.04 Å². The molecule has 1 aliphatic rings. The van der Waals surface area contributed by atoms with Crippen molar-refractivity contribution in [1.82, 2.24) is 5.32 Å². The summed E-state index contributed by atoms with van der Waals surface area (Å²) in [4.78, 5) is 17.9. The summed E-state index contributed by atoms with van der Waals surface area (Å²) in [7, 11) is 6.43. The normalized spacial score (nSPS) is 16.5. The van der Waals surface area contributed by atoms with Gasteiger partial charge >= 0.3 is 0 Å². The molecular weight excluding hydrogens is 444 g/mol. The topological polar surface area (TPSA) is 78.4 Å². The predicted molar refractivity (Wildman–Crippen MR) is 135 cm³/mol. The molecule has 7 heteroatoms. The van der Waals surface area contributed by atoms with E-state index in [1.807, 2.05) is 66.7 Å². The SMILES string of the molecule is COc1ccc(CC2=NC(C(=O)NCc3ccccc3)C2c2ccc(OC)c(OC)c2)cc1OC. The highest BCUT2D eigenvalue weighted by Gasteiger charge is 2.41. The summed E-state index contributed by atoms with van der Waals surface area (Å²) in [6.45, 7) is 0.454. The lowest BCUT2D eigenvalue weighted by Gasteiger charge is -2.35. The summed E-state index contributed by atoms with van der Waals surface area (Å²) >= 11 is 0. The molecule has 3 aromatic rings. The molecule has 2 atom stereocenters. The maximum absolute atomic E-state index is 13.1. The first-order chi connectivity index (χ1) is 17.1. The van der Waals surface area contributed by atoms with Gasteiger partial charge in [-0.1, -0.05) is 42.5 Å². The first-order valence-corrected chi connectivity index (χ1v) is 11.4. The van der Waals surface area contributed by atoms with Crippen molar-refractivity contribution in [2.75, 3.05) is 28.4 Å². The molecule has 35 heavy (non-hydrogen) atoms. The van der Waals surface area contributed by atoms with Crippen LogP contribution in [-0.2, 0) is 17.8 Å². The summed E-state index contributed by atoms with van der Waals surface area (Å²) in [5.41, 5.74) is 3.93. The van der Waals surface area contributed by atoms with Crippen molar-refractivity contribution >= 4 is 11.6 Å². The lowest BCUT2D eigenvalue weighted by Crippen LogP contribution is -2.47. The van der Waals surface area contributed by atoms with Crippen molar-refractivity contribution in [3.05, 3.63) is 83.4 Å². The Morgan fingerprint density at radius 1 is 0.771 bits per heavy atom. The van der Waals surface area contributed by atoms with Gasteiger partial charge in [0, 0.05) is 18.7 Å². The van der Waals surface area contributed by atoms with Crippen molar-refractivity contribution in [1.29, 1.82) is 0 Å². The highest BCUT2D eigenvalue weighted by atomic mass is 16.5. The van der Waals surface area contributed by atoms with E-state index in [0.29, 0.717) is 36.0 Å². The summed E-state index contributed by atoms with van der Waals surface area (Å²) in [5.74, 6) is 2.29. The van der Waals surface area contributed by atoms with Crippen LogP contribution in [0.2, 0.25) is 0 Å². The standard InChI is InChI=1S/C28H30N2O5/c1-32-22-12-10-19(15-24(22)34-3)14-21-26(20-11-13-23(33-2)25(16-20)35-4)27(30-21)28(31)29-17-18-8-6-5-7-9-18/h5-13,15-16,26-27H,14,17H2,1-4H3,(H,29,31). The number of nitrogens with zero attached hydrogens (tertiary/aromatic N) is 1. The monoisotopic (exact) mass is 474 g/mol. The molecule has 1 heterocycles. The molecule has 1 amide bonds. The number of hydrogen-bond acceptors (Lipinski definition) is 6. The Bertz CT molecular complexity index is 1210. The zero-order chi connectivity index (χ0) is 24.8. The van der Waals surface area contributed by atoms with Gasteiger partial charge in [-0.2, -0.15) is 0 Å². The van der Waals surface area contributed by atoms with Gasteiger partial charge in [0.2, 0.25) is 5.91 Å². The van der Waals surface area contributed by atoms with Gasteiger partial charge in [-0.3, -0.25) is 9.79 Å². The molecule has 3 aromatic carbocycles. The van der Waals surface area contributed by atoms with Gasteiger partial charge in [-0.15, -0.1) is 0 Å². The third kappa shape index (κ3) is 5.24. The molecule has 0 radical (unpaired) electrons. The number of nitrogens with one attached hydrogen (secondary N) is 1. The smallest absolute Gasteiger partial charge is 0.246 e. The maximum atomic E-state index is 13.1. The van der Waals surface area contributed by atoms with E-state index in [0.717, 1.165) is 22.4 Å². The summed E-state index contributed by atoms with van der Waals surface area (Å²) in [6, 6.07) is 20.9. The molecule has 0 saturated heterocycles. The minimum atomic E-state index is -0.521. The van der Waals surface area contributed by atoms with Gasteiger partial charge in [0.15, 0.2) is 23.0 Å². The Labute approximate surface area is 205 Å². The highest BCUT2D eigenvalue weighted by Crippen LogP contribution is 2.39. The van der Waals surface area contributed by atoms with Crippen LogP contribution in [0.1, 0.15) is 22.6 Å². The first kappa shape index (κ1) is 24.1. The fourth-order valence-corrected chi connectivity index (χ4v) is 4.31. The first-order valence-electron chi connectivity index (χ1n) is 11.4. The number of aliphatic imine (C=N–C) groups is 1. The van der Waals surface area contributed by atoms with Crippen molar-refractivity contribution in [3.8, 4) is 23.0 Å². The second kappa shape index (κ2) is 11.0. The second-order valence-electron chi connectivity index (χ2n) is 8.23. The molecule has 0 aromatic heterocycles. The molecular formula is C28H30N2O5. The van der Waals surface area contributed by atoms with Crippen LogP contribution in [0, 0.1) is 0 Å². The van der Waals surface area contributed by atoms with Crippen LogP contribution in [0.15, 0.2) is 71.7 Å². The Morgan fingerprint density at radius 2 is 1.40 bits per heavy atom. The van der Waals surface area contributed by atoms with Crippen LogP contribution in [0.5, 0.6) is 23.0 Å². The Kier molecular flexibility index (Phi) is 7.55. The molecule has 2 unspecified atom stereocenters. The quantitative estimate of drug-likeness (QED) is 0.477. The van der Waals surface area contributed by atoms with Gasteiger partial charge in [-0.05, 0) is 41.0 Å². The predicted octanol–water partition coefficient (Wildman–Crippen LogP) is 4.19. The van der Waals surface area contributed by atoms with Crippen LogP contribution >= 0.6 is 0 Å². The molecule has 0 aliphatic carbocycles. The molecule has 4 rings (SSSR count). The number of carbonyl (C=O) groups is 1. The number of benzene rings is 3. The van der Waals surface area contributed by atoms with E-state index in [-0.39, 0.29) is 11.8 Å². The molecule has 182 valence electrons. The van der Waals surface area contributed by atoms with E-state index in [2.05, 4.69) is 5.32 Å². The zero-order valence-electron chi connectivity index (χ0n) is 20.4. The van der Waals surface area contributed by atoms with Crippen molar-refractivity contribution < 1.29 is 23.7 Å². The molecule has 0 saturated carbocycles. The molecule has 1 aliphatic heterocycles. The highest BCUT2D eigenvalue weighted by molar-refractivity contribution is 6.05. The van der Waals surface area contributed by atoms with Crippen molar-refractivity contribution in [2.24, 2.45) is 4.99 Å². The Hall–Kier alpha value is -4.00. The summed E-state index contributed by atoms with van der Waals surface area (Å²) < 4.78 is 21.7. The maximum Gasteiger partial charge on any atom is 0.246 e. The van der Waals surface area contributed by atoms with Crippen molar-refractivity contribution in [3.63, 3.8) is 0 Å². The van der Waals surface area contributed by atoms with E-state index in [9.17, 15) is 4.79 Å². The van der Waals surface area contributed by atoms with Crippen LogP contribution < -0.4 is 24.3 Å². The van der Waals surface area contributed by atoms with Crippen LogP contribution in [0.3, 0.4) is 0 Å². The number of rotatable bonds is 10. The summed E-state index contributed by atoms with van der Waals surface area (Å²) in [5, 5.41) is 3.03. The summed E-state index contributed by atoms with van der Waals surface area (Å²) in [6.07, 6.45) is 0.585. The lowest BCUT2D eigenvalue weighted by molar-refractivity contribution is -0.123. The minimum absolute atomic E-state index is 0.107. The van der Waals surface area contributed by atoms with Crippen molar-refractivity contribution in [2.45, 2.75) is 24.9 Å². The molecule has 0 spiro atoms. The fourth-order valence-electron chi connectivity index (χ4n) is 4.31. The van der Waals surface area contributed by atoms with Gasteiger partial charge in [-0.25, -0.2) is 0 Å². The van der Waals surface area contributed by atoms with Gasteiger partial charge in [0.05, 0.1) is 34.4 Å². The molecule has 7 nitrogen and oxygen atoms in total. The number of hydrogen-bond donors (Lipinski definition) is 1. The minimum Gasteiger partial charge on any atom is -0.493 e. The van der Waals surface area contributed by atoms with Gasteiger partial charge in [0.1, 0.15) is 6.04 Å². The molecule has 0 fully saturated rings. The average molecular weight is 475 g/mol. The average Bonchev–Trinajstić information content (AvgIpc) is 2.89. The number of carbonyl (C=O) groups excluding carboxylic acids is 1. The second-order valence-corrected chi connectivity index (χ2v) is 8.23. The Morgan fingerprint density at radius 3 is 2.06 bits per heavy atom. The van der Waals surface area contributed by atoms with E-state index in [4.69, 9.17) is 23.9 Å². The van der Waals surface area contributed by atoms with E-state index in [1.165, 1.54) is 0 Å². The van der Waals surface area contributed by atoms with Crippen LogP contribution in [-0.4, -0.2) is 46.1 Å². The number of amides is 1.